The van der Waals surface area contributed by atoms with E-state index >= 15 is 0 Å². The van der Waals surface area contributed by atoms with Crippen molar-refractivity contribution in [2.24, 2.45) is 10.9 Å². The van der Waals surface area contributed by atoms with Crippen LogP contribution < -0.4 is 10.5 Å². The fraction of sp³-hybridized carbons (Fsp3) is 0.0417. The monoisotopic (exact) mass is 397 g/mol. The van der Waals surface area contributed by atoms with E-state index in [0.717, 1.165) is 5.56 Å². The molecule has 0 bridgehead atoms. The molecule has 0 aliphatic rings. The van der Waals surface area contributed by atoms with Gasteiger partial charge >= 0.3 is 5.97 Å². The number of oxime groups is 1. The van der Waals surface area contributed by atoms with Gasteiger partial charge < -0.3 is 15.3 Å². The number of aromatic nitrogens is 1. The number of para-hydroxylation sites is 1. The Balaban J connectivity index is 1.66. The lowest BCUT2D eigenvalue weighted by molar-refractivity contribution is 0.0518. The third-order valence-corrected chi connectivity index (χ3v) is 4.62. The molecule has 0 unspecified atom stereocenters. The highest BCUT2D eigenvalue weighted by atomic mass is 16.7. The Morgan fingerprint density at radius 3 is 2.37 bits per heavy atom. The van der Waals surface area contributed by atoms with Gasteiger partial charge in [-0.2, -0.15) is 0 Å². The summed E-state index contributed by atoms with van der Waals surface area (Å²) in [5, 5.41) is 4.50. The summed E-state index contributed by atoms with van der Waals surface area (Å²) in [6.45, 7) is 0. The molecule has 0 aliphatic carbocycles. The summed E-state index contributed by atoms with van der Waals surface area (Å²) in [5.74, 6) is 0.176. The van der Waals surface area contributed by atoms with Crippen molar-refractivity contribution in [2.45, 2.75) is 0 Å². The molecule has 0 fully saturated rings. The molecule has 6 nitrogen and oxygen atoms in total. The average Bonchev–Trinajstić information content (AvgIpc) is 2.82. The first kappa shape index (κ1) is 19.1. The van der Waals surface area contributed by atoms with Crippen LogP contribution in [0.3, 0.4) is 0 Å². The fourth-order valence-electron chi connectivity index (χ4n) is 3.06. The van der Waals surface area contributed by atoms with Crippen LogP contribution in [0.5, 0.6) is 5.75 Å². The van der Waals surface area contributed by atoms with E-state index in [-0.39, 0.29) is 5.84 Å². The molecule has 1 heterocycles. The number of carbonyl (C=O) groups excluding carboxylic acids is 1. The molecule has 0 spiro atoms. The minimum absolute atomic E-state index is 0.0904. The lowest BCUT2D eigenvalue weighted by Crippen LogP contribution is -2.15. The first-order chi connectivity index (χ1) is 14.7. The number of hydrogen-bond acceptors (Lipinski definition) is 5. The molecule has 4 rings (SSSR count). The zero-order valence-corrected chi connectivity index (χ0v) is 16.3. The first-order valence-corrected chi connectivity index (χ1v) is 9.30. The van der Waals surface area contributed by atoms with Crippen LogP contribution in [0.15, 0.2) is 90.1 Å². The third-order valence-electron chi connectivity index (χ3n) is 4.62. The van der Waals surface area contributed by atoms with Crippen molar-refractivity contribution in [3.8, 4) is 17.0 Å². The smallest absolute Gasteiger partial charge is 0.366 e. The number of fused-ring (bicyclic) bond motifs is 1. The van der Waals surface area contributed by atoms with Gasteiger partial charge in [0.2, 0.25) is 0 Å². The van der Waals surface area contributed by atoms with Crippen molar-refractivity contribution >= 4 is 22.7 Å². The average molecular weight is 397 g/mol. The first-order valence-electron chi connectivity index (χ1n) is 9.30. The number of rotatable bonds is 5. The predicted molar refractivity (Wildman–Crippen MR) is 116 cm³/mol. The summed E-state index contributed by atoms with van der Waals surface area (Å²) in [5.41, 5.74) is 9.22. The molecule has 30 heavy (non-hydrogen) atoms. The highest BCUT2D eigenvalue weighted by molar-refractivity contribution is 6.05. The molecule has 0 saturated heterocycles. The van der Waals surface area contributed by atoms with Crippen LogP contribution >= 0.6 is 0 Å². The predicted octanol–water partition coefficient (Wildman–Crippen LogP) is 4.39. The van der Waals surface area contributed by atoms with Crippen molar-refractivity contribution in [3.05, 3.63) is 96.1 Å². The molecule has 4 aromatic rings. The Hall–Kier alpha value is -4.19. The van der Waals surface area contributed by atoms with Gasteiger partial charge in [-0.05, 0) is 36.4 Å². The van der Waals surface area contributed by atoms with Gasteiger partial charge in [0, 0.05) is 16.5 Å². The van der Waals surface area contributed by atoms with Crippen molar-refractivity contribution in [3.63, 3.8) is 0 Å². The van der Waals surface area contributed by atoms with Gasteiger partial charge in [0.1, 0.15) is 5.75 Å². The van der Waals surface area contributed by atoms with Crippen LogP contribution in [-0.2, 0) is 4.84 Å². The summed E-state index contributed by atoms with van der Waals surface area (Å²) in [6, 6.07) is 25.7. The van der Waals surface area contributed by atoms with E-state index in [4.69, 9.17) is 15.3 Å². The van der Waals surface area contributed by atoms with Gasteiger partial charge in [-0.15, -0.1) is 0 Å². The highest BCUT2D eigenvalue weighted by Crippen LogP contribution is 2.25. The summed E-state index contributed by atoms with van der Waals surface area (Å²) in [7, 11) is 1.58. The second kappa shape index (κ2) is 8.45. The standard InChI is InChI=1S/C24H19N3O3/c1-29-18-13-11-17(12-14-18)23(25)27-30-24(28)20-15-22(16-7-3-2-4-8-16)26-21-10-6-5-9-19(20)21/h2-15H,1H3,(H2,25,27). The third kappa shape index (κ3) is 3.98. The largest absolute Gasteiger partial charge is 0.497 e. The SMILES string of the molecule is COc1ccc(C(N)=NOC(=O)c2cc(-c3ccccc3)nc3ccccc23)cc1. The van der Waals surface area contributed by atoms with Crippen LogP contribution in [0.25, 0.3) is 22.2 Å². The van der Waals surface area contributed by atoms with Gasteiger partial charge in [0.05, 0.1) is 23.9 Å². The zero-order chi connectivity index (χ0) is 20.9. The summed E-state index contributed by atoms with van der Waals surface area (Å²) < 4.78 is 5.12. The molecule has 2 N–H and O–H groups in total. The van der Waals surface area contributed by atoms with Gasteiger partial charge in [-0.3, -0.25) is 0 Å². The maximum absolute atomic E-state index is 12.8. The molecule has 0 saturated carbocycles. The summed E-state index contributed by atoms with van der Waals surface area (Å²) in [6.07, 6.45) is 0. The van der Waals surface area contributed by atoms with E-state index in [2.05, 4.69) is 10.1 Å². The molecule has 0 radical (unpaired) electrons. The molecule has 0 amide bonds. The number of nitrogens with two attached hydrogens (primary N) is 1. The Bertz CT molecular complexity index is 1220. The lowest BCUT2D eigenvalue weighted by atomic mass is 10.0. The Kier molecular flexibility index (Phi) is 5.39. The molecule has 3 aromatic carbocycles. The Labute approximate surface area is 173 Å². The van der Waals surface area contributed by atoms with Crippen molar-refractivity contribution in [2.75, 3.05) is 7.11 Å². The quantitative estimate of drug-likeness (QED) is 0.234. The van der Waals surface area contributed by atoms with E-state index in [1.165, 1.54) is 0 Å². The molecule has 6 heteroatoms. The summed E-state index contributed by atoms with van der Waals surface area (Å²) >= 11 is 0. The molecule has 1 aromatic heterocycles. The normalized spacial score (nSPS) is 11.3. The van der Waals surface area contributed by atoms with Crippen LogP contribution in [-0.4, -0.2) is 23.9 Å². The van der Waals surface area contributed by atoms with E-state index in [1.54, 1.807) is 37.4 Å². The van der Waals surface area contributed by atoms with Gasteiger partial charge in [-0.1, -0.05) is 53.7 Å². The number of carbonyl (C=O) groups is 1. The van der Waals surface area contributed by atoms with Crippen LogP contribution in [0, 0.1) is 0 Å². The zero-order valence-electron chi connectivity index (χ0n) is 16.3. The van der Waals surface area contributed by atoms with Gasteiger partial charge in [-0.25, -0.2) is 9.78 Å². The van der Waals surface area contributed by atoms with Crippen molar-refractivity contribution in [1.82, 2.24) is 4.98 Å². The van der Waals surface area contributed by atoms with Gasteiger partial charge in [0.15, 0.2) is 5.84 Å². The van der Waals surface area contributed by atoms with E-state index in [1.807, 2.05) is 54.6 Å². The molecular weight excluding hydrogens is 378 g/mol. The van der Waals surface area contributed by atoms with Gasteiger partial charge in [0.25, 0.3) is 0 Å². The van der Waals surface area contributed by atoms with Crippen LogP contribution in [0.1, 0.15) is 15.9 Å². The van der Waals surface area contributed by atoms with Crippen molar-refractivity contribution < 1.29 is 14.4 Å². The van der Waals surface area contributed by atoms with E-state index < -0.39 is 5.97 Å². The van der Waals surface area contributed by atoms with E-state index in [9.17, 15) is 4.79 Å². The number of methoxy groups -OCH3 is 1. The number of hydrogen-bond donors (Lipinski definition) is 1. The van der Waals surface area contributed by atoms with Crippen LogP contribution in [0.2, 0.25) is 0 Å². The number of benzene rings is 3. The maximum Gasteiger partial charge on any atom is 0.366 e. The molecule has 148 valence electrons. The second-order valence-electron chi connectivity index (χ2n) is 6.52. The highest BCUT2D eigenvalue weighted by Gasteiger charge is 2.16. The Morgan fingerprint density at radius 1 is 0.933 bits per heavy atom. The second-order valence-corrected chi connectivity index (χ2v) is 6.52. The topological polar surface area (TPSA) is 86.8 Å². The number of ether oxygens (including phenoxy) is 1. The van der Waals surface area contributed by atoms with E-state index in [0.29, 0.717) is 33.5 Å². The van der Waals surface area contributed by atoms with Crippen molar-refractivity contribution in [1.29, 1.82) is 0 Å². The lowest BCUT2D eigenvalue weighted by Gasteiger charge is -2.08. The molecule has 0 atom stereocenters. The minimum Gasteiger partial charge on any atom is -0.497 e. The maximum atomic E-state index is 12.8. The number of nitrogens with zero attached hydrogens (tertiary/aromatic N) is 2. The number of amidine groups is 1. The number of pyridine rings is 1. The fourth-order valence-corrected chi connectivity index (χ4v) is 3.06. The Morgan fingerprint density at radius 2 is 1.63 bits per heavy atom. The summed E-state index contributed by atoms with van der Waals surface area (Å²) in [4.78, 5) is 22.7. The molecular formula is C24H19N3O3. The molecule has 0 aliphatic heterocycles. The van der Waals surface area contributed by atoms with Crippen LogP contribution in [0.4, 0.5) is 0 Å². The minimum atomic E-state index is -0.609.